The van der Waals surface area contributed by atoms with E-state index in [1.54, 1.807) is 0 Å². The van der Waals surface area contributed by atoms with Gasteiger partial charge in [-0.25, -0.2) is 18.4 Å². The van der Waals surface area contributed by atoms with E-state index in [-0.39, 0.29) is 6.07 Å². The quantitative estimate of drug-likeness (QED) is 0.821. The number of halogens is 4. The lowest BCUT2D eigenvalue weighted by Gasteiger charge is -2.16. The van der Waals surface area contributed by atoms with Gasteiger partial charge in [-0.05, 0) is 12.1 Å². The molecule has 0 fully saturated rings. The summed E-state index contributed by atoms with van der Waals surface area (Å²) in [7, 11) is 0. The zero-order chi connectivity index (χ0) is 14.1. The summed E-state index contributed by atoms with van der Waals surface area (Å²) in [5.74, 6) is -7.99. The summed E-state index contributed by atoms with van der Waals surface area (Å²) < 4.78 is 50.1. The summed E-state index contributed by atoms with van der Waals surface area (Å²) in [6.45, 7) is 0. The largest absolute Gasteiger partial charge is 0.478 e. The average Bonchev–Trinajstić information content (AvgIpc) is 2.27. The Kier molecular flexibility index (Phi) is 3.59. The molecule has 0 heterocycles. The molecular formula is C10H6F4O4. The van der Waals surface area contributed by atoms with Crippen LogP contribution in [0.3, 0.4) is 0 Å². The predicted molar refractivity (Wildman–Crippen MR) is 50.3 cm³/mol. The van der Waals surface area contributed by atoms with Gasteiger partial charge in [-0.2, -0.15) is 8.78 Å². The zero-order valence-electron chi connectivity index (χ0n) is 8.53. The highest BCUT2D eigenvalue weighted by molar-refractivity contribution is 6.01. The Bertz CT molecular complexity index is 499. The minimum absolute atomic E-state index is 0.234. The van der Waals surface area contributed by atoms with Crippen molar-refractivity contribution >= 4 is 11.9 Å². The fourth-order valence-corrected chi connectivity index (χ4v) is 1.24. The minimum atomic E-state index is -4.54. The van der Waals surface area contributed by atoms with Crippen LogP contribution in [0.2, 0.25) is 0 Å². The Morgan fingerprint density at radius 2 is 1.56 bits per heavy atom. The van der Waals surface area contributed by atoms with Crippen LogP contribution < -0.4 is 0 Å². The summed E-state index contributed by atoms with van der Waals surface area (Å²) in [6, 6.07) is 1.25. The van der Waals surface area contributed by atoms with Crippen LogP contribution in [0.1, 0.15) is 26.3 Å². The smallest absolute Gasteiger partial charge is 0.336 e. The van der Waals surface area contributed by atoms with Crippen molar-refractivity contribution in [3.05, 3.63) is 34.9 Å². The second-order valence-corrected chi connectivity index (χ2v) is 3.29. The van der Waals surface area contributed by atoms with Crippen LogP contribution in [-0.4, -0.2) is 28.6 Å². The van der Waals surface area contributed by atoms with Gasteiger partial charge in [0, 0.05) is 5.56 Å². The summed E-state index contributed by atoms with van der Waals surface area (Å²) in [5, 5.41) is 17.3. The van der Waals surface area contributed by atoms with Gasteiger partial charge in [-0.15, -0.1) is 0 Å². The maximum atomic E-state index is 13.0. The van der Waals surface area contributed by atoms with E-state index in [1.807, 2.05) is 0 Å². The number of rotatable bonds is 4. The Morgan fingerprint density at radius 1 is 1.06 bits per heavy atom. The molecule has 1 aromatic rings. The molecule has 0 aliphatic carbocycles. The van der Waals surface area contributed by atoms with Crippen LogP contribution in [0.25, 0.3) is 0 Å². The van der Waals surface area contributed by atoms with E-state index in [1.165, 1.54) is 0 Å². The van der Waals surface area contributed by atoms with Crippen LogP contribution in [0.4, 0.5) is 17.6 Å². The van der Waals surface area contributed by atoms with Gasteiger partial charge in [0.15, 0.2) is 0 Å². The lowest BCUT2D eigenvalue weighted by Crippen LogP contribution is -2.24. The normalized spacial score (nSPS) is 11.6. The zero-order valence-corrected chi connectivity index (χ0v) is 8.53. The first-order valence-electron chi connectivity index (χ1n) is 4.45. The highest BCUT2D eigenvalue weighted by Crippen LogP contribution is 2.35. The Balaban J connectivity index is 3.41. The molecule has 0 radical (unpaired) electrons. The summed E-state index contributed by atoms with van der Waals surface area (Å²) in [5.41, 5.74) is -2.98. The van der Waals surface area contributed by atoms with E-state index in [0.717, 1.165) is 0 Å². The van der Waals surface area contributed by atoms with Crippen LogP contribution >= 0.6 is 0 Å². The number of carbonyl (C=O) groups is 2. The summed E-state index contributed by atoms with van der Waals surface area (Å²) in [4.78, 5) is 21.3. The number of hydrogen-bond donors (Lipinski definition) is 2. The highest BCUT2D eigenvalue weighted by atomic mass is 19.3. The van der Waals surface area contributed by atoms with E-state index in [2.05, 4.69) is 0 Å². The van der Waals surface area contributed by atoms with Gasteiger partial charge in [-0.3, -0.25) is 0 Å². The number of benzene rings is 1. The van der Waals surface area contributed by atoms with Crippen molar-refractivity contribution in [1.29, 1.82) is 0 Å². The maximum absolute atomic E-state index is 13.0. The van der Waals surface area contributed by atoms with Crippen molar-refractivity contribution in [2.45, 2.75) is 12.3 Å². The molecule has 0 atom stereocenters. The number of hydrogen-bond acceptors (Lipinski definition) is 2. The number of carboxylic acids is 2. The maximum Gasteiger partial charge on any atom is 0.336 e. The lowest BCUT2D eigenvalue weighted by atomic mass is 10.0. The van der Waals surface area contributed by atoms with Crippen LogP contribution in [0.15, 0.2) is 18.2 Å². The fraction of sp³-hybridized carbons (Fsp3) is 0.200. The van der Waals surface area contributed by atoms with Gasteiger partial charge >= 0.3 is 24.3 Å². The first kappa shape index (κ1) is 13.9. The van der Waals surface area contributed by atoms with E-state index >= 15 is 0 Å². The Hall–Kier alpha value is -2.12. The van der Waals surface area contributed by atoms with Crippen molar-refractivity contribution in [3.8, 4) is 0 Å². The van der Waals surface area contributed by atoms with Crippen LogP contribution in [0.5, 0.6) is 0 Å². The number of aromatic carboxylic acids is 2. The van der Waals surface area contributed by atoms with Gasteiger partial charge in [0.2, 0.25) is 0 Å². The standard InChI is InChI=1S/C10H6F4O4/c11-9(12)10(13,14)4-1-2-5(7(15)16)6(3-4)8(17)18/h1-3,9H,(H,15,16)(H,17,18). The molecule has 0 bridgehead atoms. The molecule has 4 nitrogen and oxygen atoms in total. The molecule has 18 heavy (non-hydrogen) atoms. The second-order valence-electron chi connectivity index (χ2n) is 3.29. The molecule has 0 aliphatic heterocycles. The van der Waals surface area contributed by atoms with E-state index in [9.17, 15) is 27.2 Å². The third-order valence-corrected chi connectivity index (χ3v) is 2.14. The molecule has 0 unspecified atom stereocenters. The van der Waals surface area contributed by atoms with Crippen molar-refractivity contribution in [1.82, 2.24) is 0 Å². The van der Waals surface area contributed by atoms with Crippen molar-refractivity contribution in [2.24, 2.45) is 0 Å². The van der Waals surface area contributed by atoms with Crippen LogP contribution in [-0.2, 0) is 5.92 Å². The van der Waals surface area contributed by atoms with E-state index in [0.29, 0.717) is 12.1 Å². The van der Waals surface area contributed by atoms with Gasteiger partial charge in [-0.1, -0.05) is 6.07 Å². The van der Waals surface area contributed by atoms with Gasteiger partial charge < -0.3 is 10.2 Å². The van der Waals surface area contributed by atoms with Crippen molar-refractivity contribution in [3.63, 3.8) is 0 Å². The summed E-state index contributed by atoms with van der Waals surface area (Å²) >= 11 is 0. The molecule has 0 aromatic heterocycles. The number of alkyl halides is 4. The third kappa shape index (κ3) is 2.41. The predicted octanol–water partition coefficient (Wildman–Crippen LogP) is 2.44. The molecule has 0 spiro atoms. The first-order chi connectivity index (χ1) is 8.17. The van der Waals surface area contributed by atoms with E-state index in [4.69, 9.17) is 10.2 Å². The monoisotopic (exact) mass is 266 g/mol. The van der Waals surface area contributed by atoms with Gasteiger partial charge in [0.05, 0.1) is 11.1 Å². The van der Waals surface area contributed by atoms with Crippen molar-refractivity contribution < 1.29 is 37.4 Å². The molecule has 0 amide bonds. The fourth-order valence-electron chi connectivity index (χ4n) is 1.24. The van der Waals surface area contributed by atoms with Gasteiger partial charge in [0.1, 0.15) is 0 Å². The first-order valence-corrected chi connectivity index (χ1v) is 4.45. The molecule has 0 saturated carbocycles. The molecular weight excluding hydrogens is 260 g/mol. The Morgan fingerprint density at radius 3 is 1.94 bits per heavy atom. The topological polar surface area (TPSA) is 74.6 Å². The van der Waals surface area contributed by atoms with Gasteiger partial charge in [0.25, 0.3) is 0 Å². The SMILES string of the molecule is O=C(O)c1ccc(C(F)(F)C(F)F)cc1C(=O)O. The molecule has 1 aromatic carbocycles. The average molecular weight is 266 g/mol. The molecule has 0 aliphatic rings. The molecule has 0 saturated heterocycles. The Labute approximate surface area is 97.5 Å². The molecule has 98 valence electrons. The number of carboxylic acid groups (broad SMARTS) is 2. The van der Waals surface area contributed by atoms with E-state index < -0.39 is 41.0 Å². The lowest BCUT2D eigenvalue weighted by molar-refractivity contribution is -0.135. The molecule has 2 N–H and O–H groups in total. The second kappa shape index (κ2) is 4.63. The molecule has 1 rings (SSSR count). The summed E-state index contributed by atoms with van der Waals surface area (Å²) in [6.07, 6.45) is -4.02. The van der Waals surface area contributed by atoms with Crippen LogP contribution in [0, 0.1) is 0 Å². The third-order valence-electron chi connectivity index (χ3n) is 2.14. The minimum Gasteiger partial charge on any atom is -0.478 e. The highest BCUT2D eigenvalue weighted by Gasteiger charge is 2.43. The molecule has 8 heteroatoms. The van der Waals surface area contributed by atoms with Crippen molar-refractivity contribution in [2.75, 3.05) is 0 Å².